The van der Waals surface area contributed by atoms with E-state index in [2.05, 4.69) is 56.8 Å². The molecule has 1 N–H and O–H groups in total. The van der Waals surface area contributed by atoms with Gasteiger partial charge in [0.2, 0.25) is 0 Å². The Bertz CT molecular complexity index is 927. The lowest BCUT2D eigenvalue weighted by atomic mass is 10.0. The van der Waals surface area contributed by atoms with Crippen molar-refractivity contribution in [1.82, 2.24) is 15.3 Å². The summed E-state index contributed by atoms with van der Waals surface area (Å²) in [6, 6.07) is 10.0. The predicted octanol–water partition coefficient (Wildman–Crippen LogP) is 4.25. The molecule has 1 unspecified atom stereocenters. The van der Waals surface area contributed by atoms with Gasteiger partial charge in [-0.3, -0.25) is 0 Å². The minimum absolute atomic E-state index is 0.536. The van der Waals surface area contributed by atoms with Crippen LogP contribution in [0.4, 0.5) is 5.82 Å². The number of thiophene rings is 1. The summed E-state index contributed by atoms with van der Waals surface area (Å²) in [5, 5.41) is 6.12. The van der Waals surface area contributed by atoms with Gasteiger partial charge in [0.1, 0.15) is 12.1 Å². The van der Waals surface area contributed by atoms with Crippen molar-refractivity contribution in [2.75, 3.05) is 18.0 Å². The first kappa shape index (κ1) is 16.2. The summed E-state index contributed by atoms with van der Waals surface area (Å²) >= 11 is 1.77. The number of anilines is 1. The van der Waals surface area contributed by atoms with Crippen molar-refractivity contribution in [3.63, 3.8) is 0 Å². The Balaban J connectivity index is 1.27. The number of hydrogen-bond donors (Lipinski definition) is 1. The highest BCUT2D eigenvalue weighted by molar-refractivity contribution is 7.18. The molecule has 3 heterocycles. The maximum absolute atomic E-state index is 4.61. The maximum Gasteiger partial charge on any atom is 0.150 e. The fraction of sp³-hybridized carbons (Fsp3) is 0.429. The molecule has 26 heavy (non-hydrogen) atoms. The van der Waals surface area contributed by atoms with Gasteiger partial charge in [-0.15, -0.1) is 11.3 Å². The van der Waals surface area contributed by atoms with Crippen LogP contribution in [0, 0.1) is 6.92 Å². The van der Waals surface area contributed by atoms with Crippen molar-refractivity contribution in [2.24, 2.45) is 0 Å². The number of benzene rings is 1. The third-order valence-corrected chi connectivity index (χ3v) is 6.96. The highest BCUT2D eigenvalue weighted by Gasteiger charge is 2.27. The van der Waals surface area contributed by atoms with Crippen molar-refractivity contribution in [3.8, 4) is 0 Å². The molecule has 134 valence electrons. The van der Waals surface area contributed by atoms with E-state index < -0.39 is 0 Å². The third kappa shape index (κ3) is 2.79. The van der Waals surface area contributed by atoms with E-state index in [9.17, 15) is 0 Å². The molecule has 1 atom stereocenters. The topological polar surface area (TPSA) is 41.0 Å². The number of fused-ring (bicyclic) bond motifs is 2. The first-order valence-corrected chi connectivity index (χ1v) is 10.4. The van der Waals surface area contributed by atoms with Crippen LogP contribution in [0.5, 0.6) is 0 Å². The van der Waals surface area contributed by atoms with E-state index >= 15 is 0 Å². The second kappa shape index (κ2) is 6.63. The largest absolute Gasteiger partial charge is 0.355 e. The maximum atomic E-state index is 4.61. The standard InChI is InChI=1S/C21H24N4S/c1-14-12-26-20-19(14)22-13-23-21(20)25-10-8-16(9-11-25)24-18-7-6-15-4-2-3-5-17(15)18/h2-5,12-13,16,18,24H,6-11H2,1H3. The molecule has 1 aliphatic carbocycles. The SMILES string of the molecule is Cc1csc2c(N3CCC(NC4CCc5ccccc54)CC3)ncnc12. The van der Waals surface area contributed by atoms with Crippen molar-refractivity contribution in [3.05, 3.63) is 52.7 Å². The molecule has 1 aromatic carbocycles. The molecule has 3 aromatic rings. The molecule has 1 aliphatic heterocycles. The zero-order valence-electron chi connectivity index (χ0n) is 15.1. The second-order valence-electron chi connectivity index (χ2n) is 7.51. The van der Waals surface area contributed by atoms with Crippen molar-refractivity contribution < 1.29 is 0 Å². The summed E-state index contributed by atoms with van der Waals surface area (Å²) in [5.41, 5.74) is 5.41. The average molecular weight is 365 g/mol. The van der Waals surface area contributed by atoms with E-state index in [1.807, 2.05) is 0 Å². The Kier molecular flexibility index (Phi) is 4.14. The molecular weight excluding hydrogens is 340 g/mol. The van der Waals surface area contributed by atoms with Crippen LogP contribution in [0.3, 0.4) is 0 Å². The second-order valence-corrected chi connectivity index (χ2v) is 8.39. The molecule has 5 heteroatoms. The molecule has 0 amide bonds. The van der Waals surface area contributed by atoms with Gasteiger partial charge in [-0.05, 0) is 54.7 Å². The molecular formula is C21H24N4S. The Hall–Kier alpha value is -1.98. The van der Waals surface area contributed by atoms with Gasteiger partial charge in [0.25, 0.3) is 0 Å². The van der Waals surface area contributed by atoms with E-state index in [0.717, 1.165) is 24.4 Å². The summed E-state index contributed by atoms with van der Waals surface area (Å²) in [7, 11) is 0. The van der Waals surface area contributed by atoms with Crippen molar-refractivity contribution in [2.45, 2.75) is 44.7 Å². The van der Waals surface area contributed by atoms with Crippen LogP contribution in [0.15, 0.2) is 36.0 Å². The van der Waals surface area contributed by atoms with E-state index in [1.54, 1.807) is 17.7 Å². The highest BCUT2D eigenvalue weighted by Crippen LogP contribution is 2.34. The molecule has 0 spiro atoms. The van der Waals surface area contributed by atoms with Gasteiger partial charge in [0, 0.05) is 25.2 Å². The first-order valence-electron chi connectivity index (χ1n) is 9.57. The minimum atomic E-state index is 0.536. The number of nitrogens with zero attached hydrogens (tertiary/aromatic N) is 3. The summed E-state index contributed by atoms with van der Waals surface area (Å²) in [5.74, 6) is 1.12. The van der Waals surface area contributed by atoms with Gasteiger partial charge in [0.15, 0.2) is 0 Å². The van der Waals surface area contributed by atoms with Crippen LogP contribution in [-0.2, 0) is 6.42 Å². The molecule has 0 bridgehead atoms. The monoisotopic (exact) mass is 364 g/mol. The molecule has 1 fully saturated rings. The molecule has 4 nitrogen and oxygen atoms in total. The van der Waals surface area contributed by atoms with Crippen molar-refractivity contribution >= 4 is 27.4 Å². The van der Waals surface area contributed by atoms with Gasteiger partial charge < -0.3 is 10.2 Å². The Morgan fingerprint density at radius 1 is 1.12 bits per heavy atom. The number of aromatic nitrogens is 2. The quantitative estimate of drug-likeness (QED) is 0.754. The van der Waals surface area contributed by atoms with Gasteiger partial charge in [-0.1, -0.05) is 24.3 Å². The van der Waals surface area contributed by atoms with E-state index in [1.165, 1.54) is 47.1 Å². The summed E-state index contributed by atoms with van der Waals surface area (Å²) in [4.78, 5) is 11.5. The van der Waals surface area contributed by atoms with Crippen LogP contribution < -0.4 is 10.2 Å². The number of rotatable bonds is 3. The fourth-order valence-corrected chi connectivity index (χ4v) is 5.47. The molecule has 0 saturated carbocycles. The van der Waals surface area contributed by atoms with Gasteiger partial charge in [0.05, 0.1) is 10.2 Å². The average Bonchev–Trinajstić information content (AvgIpc) is 3.27. The van der Waals surface area contributed by atoms with Crippen LogP contribution in [0.2, 0.25) is 0 Å². The van der Waals surface area contributed by atoms with E-state index in [-0.39, 0.29) is 0 Å². The number of hydrogen-bond acceptors (Lipinski definition) is 5. The van der Waals surface area contributed by atoms with Gasteiger partial charge >= 0.3 is 0 Å². The highest BCUT2D eigenvalue weighted by atomic mass is 32.1. The molecule has 1 saturated heterocycles. The Morgan fingerprint density at radius 3 is 2.85 bits per heavy atom. The summed E-state index contributed by atoms with van der Waals surface area (Å²) < 4.78 is 1.24. The Morgan fingerprint density at radius 2 is 1.96 bits per heavy atom. The lowest BCUT2D eigenvalue weighted by Gasteiger charge is -2.34. The molecule has 5 rings (SSSR count). The number of nitrogens with one attached hydrogen (secondary N) is 1. The lowest BCUT2D eigenvalue weighted by molar-refractivity contribution is 0.368. The van der Waals surface area contributed by atoms with Gasteiger partial charge in [-0.25, -0.2) is 9.97 Å². The van der Waals surface area contributed by atoms with Crippen molar-refractivity contribution in [1.29, 1.82) is 0 Å². The van der Waals surface area contributed by atoms with Crippen LogP contribution in [0.25, 0.3) is 10.2 Å². The first-order chi connectivity index (χ1) is 12.8. The van der Waals surface area contributed by atoms with Crippen LogP contribution in [-0.4, -0.2) is 29.1 Å². The Labute approximate surface area is 158 Å². The molecule has 2 aliphatic rings. The summed E-state index contributed by atoms with van der Waals surface area (Å²) in [6.45, 7) is 4.26. The molecule has 2 aromatic heterocycles. The summed E-state index contributed by atoms with van der Waals surface area (Å²) in [6.07, 6.45) is 6.52. The third-order valence-electron chi connectivity index (χ3n) is 5.88. The van der Waals surface area contributed by atoms with Crippen LogP contribution >= 0.6 is 11.3 Å². The number of piperidine rings is 1. The minimum Gasteiger partial charge on any atom is -0.355 e. The normalized spacial score (nSPS) is 20.7. The van der Waals surface area contributed by atoms with Crippen LogP contribution in [0.1, 0.15) is 42.0 Å². The number of aryl methyl sites for hydroxylation is 2. The fourth-order valence-electron chi connectivity index (χ4n) is 4.45. The smallest absolute Gasteiger partial charge is 0.150 e. The van der Waals surface area contributed by atoms with E-state index in [0.29, 0.717) is 12.1 Å². The lowest BCUT2D eigenvalue weighted by Crippen LogP contribution is -2.43. The molecule has 0 radical (unpaired) electrons. The zero-order chi connectivity index (χ0) is 17.5. The predicted molar refractivity (Wildman–Crippen MR) is 108 cm³/mol. The zero-order valence-corrected chi connectivity index (χ0v) is 15.9. The van der Waals surface area contributed by atoms with Gasteiger partial charge in [-0.2, -0.15) is 0 Å². The van der Waals surface area contributed by atoms with E-state index in [4.69, 9.17) is 0 Å².